The molecule has 4 rings (SSSR count). The van der Waals surface area contributed by atoms with E-state index in [4.69, 9.17) is 21.1 Å². The van der Waals surface area contributed by atoms with Crippen molar-refractivity contribution in [3.63, 3.8) is 0 Å². The summed E-state index contributed by atoms with van der Waals surface area (Å²) < 4.78 is 11.8. The van der Waals surface area contributed by atoms with Crippen molar-refractivity contribution < 1.29 is 9.47 Å². The summed E-state index contributed by atoms with van der Waals surface area (Å²) in [5.74, 6) is 2.02. The van der Waals surface area contributed by atoms with E-state index in [-0.39, 0.29) is 0 Å². The van der Waals surface area contributed by atoms with Crippen molar-refractivity contribution >= 4 is 34.0 Å². The topological polar surface area (TPSA) is 95.6 Å². The van der Waals surface area contributed by atoms with Gasteiger partial charge in [-0.25, -0.2) is 9.97 Å². The van der Waals surface area contributed by atoms with Crippen LogP contribution >= 0.6 is 11.6 Å². The lowest BCUT2D eigenvalue weighted by molar-refractivity contribution is 0.229. The Morgan fingerprint density at radius 1 is 0.944 bits per heavy atom. The summed E-state index contributed by atoms with van der Waals surface area (Å²) in [6, 6.07) is 11.4. The molecular formula is C26H36ClN7O2. The molecule has 9 nitrogen and oxygen atoms in total. The highest BCUT2D eigenvalue weighted by Crippen LogP contribution is 2.35. The van der Waals surface area contributed by atoms with Crippen LogP contribution in [0.15, 0.2) is 42.7 Å². The van der Waals surface area contributed by atoms with Gasteiger partial charge in [-0.05, 0) is 30.7 Å². The Kier molecular flexibility index (Phi) is 10.4. The minimum Gasteiger partial charge on any atom is -0.493 e. The van der Waals surface area contributed by atoms with Crippen molar-refractivity contribution in [3.8, 4) is 11.5 Å². The number of nitrogens with zero attached hydrogens (tertiary/aromatic N) is 3. The van der Waals surface area contributed by atoms with E-state index in [0.29, 0.717) is 28.9 Å². The maximum Gasteiger partial charge on any atom is 0.162 e. The van der Waals surface area contributed by atoms with Crippen LogP contribution in [0.1, 0.15) is 6.42 Å². The van der Waals surface area contributed by atoms with Gasteiger partial charge in [-0.1, -0.05) is 17.7 Å². The van der Waals surface area contributed by atoms with Crippen molar-refractivity contribution in [3.05, 3.63) is 47.7 Å². The van der Waals surface area contributed by atoms with E-state index >= 15 is 0 Å². The summed E-state index contributed by atoms with van der Waals surface area (Å²) in [6.07, 6.45) is 2.45. The van der Waals surface area contributed by atoms with E-state index in [1.165, 1.54) is 6.33 Å². The van der Waals surface area contributed by atoms with Crippen LogP contribution in [0.4, 0.5) is 11.5 Å². The molecule has 0 atom stereocenters. The minimum absolute atomic E-state index is 0.591. The fraction of sp³-hybridized carbons (Fsp3) is 0.462. The highest BCUT2D eigenvalue weighted by molar-refractivity contribution is 6.30. The summed E-state index contributed by atoms with van der Waals surface area (Å²) in [4.78, 5) is 11.3. The molecule has 0 amide bonds. The van der Waals surface area contributed by atoms with Crippen molar-refractivity contribution in [1.82, 2.24) is 30.8 Å². The molecule has 0 bridgehead atoms. The number of rotatable bonds is 8. The Morgan fingerprint density at radius 3 is 2.42 bits per heavy atom. The van der Waals surface area contributed by atoms with Gasteiger partial charge < -0.3 is 35.6 Å². The Bertz CT molecular complexity index is 1090. The maximum absolute atomic E-state index is 6.19. The number of benzene rings is 2. The van der Waals surface area contributed by atoms with Crippen LogP contribution in [0.3, 0.4) is 0 Å². The second-order valence-electron chi connectivity index (χ2n) is 8.67. The van der Waals surface area contributed by atoms with Gasteiger partial charge in [-0.3, -0.25) is 0 Å². The van der Waals surface area contributed by atoms with Gasteiger partial charge in [-0.2, -0.15) is 0 Å². The number of anilines is 2. The van der Waals surface area contributed by atoms with Gasteiger partial charge in [0.1, 0.15) is 12.1 Å². The number of halogens is 1. The number of ether oxygens (including phenoxy) is 2. The van der Waals surface area contributed by atoms with Gasteiger partial charge in [0.2, 0.25) is 0 Å². The van der Waals surface area contributed by atoms with Crippen LogP contribution in [-0.2, 0) is 0 Å². The predicted octanol–water partition coefficient (Wildman–Crippen LogP) is 2.89. The third-order valence-electron chi connectivity index (χ3n) is 6.05. The molecule has 2 heterocycles. The van der Waals surface area contributed by atoms with E-state index in [1.54, 1.807) is 7.11 Å². The SMILES string of the molecule is COc1cc2ncnc(Nc3cccc(Cl)c3)c2cc1OCCCN1CCNCCNCCNCC1. The summed E-state index contributed by atoms with van der Waals surface area (Å²) >= 11 is 6.15. The molecule has 1 saturated heterocycles. The van der Waals surface area contributed by atoms with Crippen LogP contribution in [0.2, 0.25) is 5.02 Å². The van der Waals surface area contributed by atoms with Crippen LogP contribution in [-0.4, -0.2) is 87.5 Å². The predicted molar refractivity (Wildman–Crippen MR) is 146 cm³/mol. The molecule has 10 heteroatoms. The summed E-state index contributed by atoms with van der Waals surface area (Å²) in [7, 11) is 1.65. The first-order valence-electron chi connectivity index (χ1n) is 12.6. The van der Waals surface area contributed by atoms with Crippen LogP contribution < -0.4 is 30.7 Å². The van der Waals surface area contributed by atoms with Gasteiger partial charge in [0.05, 0.1) is 19.2 Å². The molecule has 3 aromatic rings. The quantitative estimate of drug-likeness (QED) is 0.339. The van der Waals surface area contributed by atoms with Gasteiger partial charge >= 0.3 is 0 Å². The first kappa shape index (κ1) is 26.4. The highest BCUT2D eigenvalue weighted by atomic mass is 35.5. The van der Waals surface area contributed by atoms with Crippen molar-refractivity contribution in [1.29, 1.82) is 0 Å². The average molecular weight is 514 g/mol. The summed E-state index contributed by atoms with van der Waals surface area (Å²) in [6.45, 7) is 9.60. The molecule has 1 aliphatic heterocycles. The number of methoxy groups -OCH3 is 1. The van der Waals surface area contributed by atoms with Crippen molar-refractivity contribution in [2.45, 2.75) is 6.42 Å². The van der Waals surface area contributed by atoms with Gasteiger partial charge in [-0.15, -0.1) is 0 Å². The lowest BCUT2D eigenvalue weighted by atomic mass is 10.2. The number of aromatic nitrogens is 2. The molecule has 2 aromatic carbocycles. The molecule has 0 saturated carbocycles. The van der Waals surface area contributed by atoms with Crippen molar-refractivity contribution in [2.24, 2.45) is 0 Å². The lowest BCUT2D eigenvalue weighted by Crippen LogP contribution is -2.42. The highest BCUT2D eigenvalue weighted by Gasteiger charge is 2.13. The monoisotopic (exact) mass is 513 g/mol. The Hall–Kier alpha value is -2.69. The summed E-state index contributed by atoms with van der Waals surface area (Å²) in [5, 5.41) is 15.3. The fourth-order valence-electron chi connectivity index (χ4n) is 4.15. The fourth-order valence-corrected chi connectivity index (χ4v) is 4.34. The molecule has 0 unspecified atom stereocenters. The van der Waals surface area contributed by atoms with E-state index < -0.39 is 0 Å². The molecule has 1 aliphatic rings. The summed E-state index contributed by atoms with van der Waals surface area (Å²) in [5.41, 5.74) is 1.63. The number of fused-ring (bicyclic) bond motifs is 1. The minimum atomic E-state index is 0.591. The Balaban J connectivity index is 1.38. The molecular weight excluding hydrogens is 478 g/mol. The number of hydrogen-bond acceptors (Lipinski definition) is 9. The average Bonchev–Trinajstić information content (AvgIpc) is 2.87. The molecule has 36 heavy (non-hydrogen) atoms. The molecule has 0 aliphatic carbocycles. The first-order valence-corrected chi connectivity index (χ1v) is 12.9. The van der Waals surface area contributed by atoms with Crippen LogP contribution in [0, 0.1) is 0 Å². The third-order valence-corrected chi connectivity index (χ3v) is 6.29. The molecule has 0 radical (unpaired) electrons. The Morgan fingerprint density at radius 2 is 1.69 bits per heavy atom. The zero-order valence-corrected chi connectivity index (χ0v) is 21.6. The zero-order chi connectivity index (χ0) is 25.0. The van der Waals surface area contributed by atoms with Crippen LogP contribution in [0.5, 0.6) is 11.5 Å². The maximum atomic E-state index is 6.19. The lowest BCUT2D eigenvalue weighted by Gasteiger charge is -2.23. The Labute approximate surface area is 217 Å². The van der Waals surface area contributed by atoms with Crippen molar-refractivity contribution in [2.75, 3.05) is 77.9 Å². The van der Waals surface area contributed by atoms with E-state index in [2.05, 4.69) is 36.1 Å². The molecule has 1 fully saturated rings. The number of nitrogens with one attached hydrogen (secondary N) is 4. The first-order chi connectivity index (χ1) is 17.7. The standard InChI is InChI=1S/C26H36ClN7O2/c1-35-24-18-23-22(26(32-19-31-23)33-21-5-2-4-20(27)16-21)17-25(24)36-15-3-12-34-13-10-29-8-6-28-7-9-30-11-14-34/h2,4-5,16-19,28-30H,3,6-15H2,1H3,(H,31,32,33). The molecule has 0 spiro atoms. The molecule has 4 N–H and O–H groups in total. The zero-order valence-electron chi connectivity index (χ0n) is 20.9. The largest absolute Gasteiger partial charge is 0.493 e. The second-order valence-corrected chi connectivity index (χ2v) is 9.11. The normalized spacial score (nSPS) is 16.2. The molecule has 1 aromatic heterocycles. The van der Waals surface area contributed by atoms with Gasteiger partial charge in [0.25, 0.3) is 0 Å². The second kappa shape index (κ2) is 14.2. The van der Waals surface area contributed by atoms with E-state index in [1.807, 2.05) is 36.4 Å². The smallest absolute Gasteiger partial charge is 0.162 e. The van der Waals surface area contributed by atoms with Crippen LogP contribution in [0.25, 0.3) is 10.9 Å². The third kappa shape index (κ3) is 7.91. The van der Waals surface area contributed by atoms with Gasteiger partial charge in [0, 0.05) is 81.1 Å². The van der Waals surface area contributed by atoms with E-state index in [0.717, 1.165) is 81.9 Å². The molecule has 194 valence electrons. The van der Waals surface area contributed by atoms with E-state index in [9.17, 15) is 0 Å². The van der Waals surface area contributed by atoms with Gasteiger partial charge in [0.15, 0.2) is 11.5 Å². The number of hydrogen-bond donors (Lipinski definition) is 4.